The number of hydrogen-bond donors (Lipinski definition) is 0. The highest BCUT2D eigenvalue weighted by Gasteiger charge is 2.08. The van der Waals surface area contributed by atoms with Crippen LogP contribution in [0.3, 0.4) is 0 Å². The molecule has 1 aromatic rings. The summed E-state index contributed by atoms with van der Waals surface area (Å²) >= 11 is 1.94. The van der Waals surface area contributed by atoms with Gasteiger partial charge in [0.2, 0.25) is 0 Å². The second-order valence-corrected chi connectivity index (χ2v) is 3.81. The van der Waals surface area contributed by atoms with Gasteiger partial charge in [-0.1, -0.05) is 5.92 Å². The summed E-state index contributed by atoms with van der Waals surface area (Å²) in [5, 5.41) is 0. The van der Waals surface area contributed by atoms with Crippen molar-refractivity contribution in [1.29, 1.82) is 0 Å². The van der Waals surface area contributed by atoms with Gasteiger partial charge < -0.3 is 0 Å². The summed E-state index contributed by atoms with van der Waals surface area (Å²) in [6, 6.07) is 4.12. The van der Waals surface area contributed by atoms with Crippen LogP contribution in [0.1, 0.15) is 23.7 Å². The van der Waals surface area contributed by atoms with Crippen molar-refractivity contribution in [2.24, 2.45) is 0 Å². The van der Waals surface area contributed by atoms with E-state index in [0.717, 1.165) is 0 Å². The van der Waals surface area contributed by atoms with Crippen molar-refractivity contribution >= 4 is 28.4 Å². The van der Waals surface area contributed by atoms with Crippen LogP contribution in [-0.4, -0.2) is 5.78 Å². The molecule has 3 heteroatoms. The summed E-state index contributed by atoms with van der Waals surface area (Å²) in [6.45, 7) is 1.68. The van der Waals surface area contributed by atoms with Crippen molar-refractivity contribution in [2.75, 3.05) is 0 Å². The van der Waals surface area contributed by atoms with Crippen LogP contribution in [0.2, 0.25) is 0 Å². The third kappa shape index (κ3) is 2.81. The molecule has 72 valence electrons. The first-order chi connectivity index (χ1) is 6.65. The quantitative estimate of drug-likeness (QED) is 0.466. The lowest BCUT2D eigenvalue weighted by Crippen LogP contribution is -2.00. The Kier molecular flexibility index (Phi) is 4.08. The molecule has 0 aliphatic heterocycles. The summed E-state index contributed by atoms with van der Waals surface area (Å²) in [6.07, 6.45) is 0.193. The summed E-state index contributed by atoms with van der Waals surface area (Å²) in [5.41, 5.74) is 0.537. The molecule has 0 N–H and O–H groups in total. The van der Waals surface area contributed by atoms with Gasteiger partial charge in [-0.3, -0.25) is 4.79 Å². The Morgan fingerprint density at radius 1 is 1.57 bits per heavy atom. The van der Waals surface area contributed by atoms with Gasteiger partial charge in [-0.2, -0.15) is 0 Å². The highest BCUT2D eigenvalue weighted by molar-refractivity contribution is 14.1. The second-order valence-electron chi connectivity index (χ2n) is 2.65. The molecule has 1 rings (SSSR count). The number of benzene rings is 1. The molecule has 14 heavy (non-hydrogen) atoms. The van der Waals surface area contributed by atoms with Crippen LogP contribution in [0, 0.1) is 21.2 Å². The van der Waals surface area contributed by atoms with Gasteiger partial charge in [0.15, 0.2) is 5.78 Å². The fraction of sp³-hybridized carbons (Fsp3) is 0.182. The van der Waals surface area contributed by atoms with Gasteiger partial charge in [-0.05, 0) is 47.7 Å². The lowest BCUT2D eigenvalue weighted by molar-refractivity contribution is 0.0997. The highest BCUT2D eigenvalue weighted by Crippen LogP contribution is 2.15. The molecule has 0 radical (unpaired) electrons. The van der Waals surface area contributed by atoms with Crippen molar-refractivity contribution in [2.45, 2.75) is 13.3 Å². The van der Waals surface area contributed by atoms with Crippen LogP contribution in [0.25, 0.3) is 0 Å². The molecule has 0 aliphatic carbocycles. The minimum Gasteiger partial charge on any atom is -0.293 e. The molecule has 0 amide bonds. The average molecular weight is 302 g/mol. The van der Waals surface area contributed by atoms with Crippen molar-refractivity contribution in [1.82, 2.24) is 0 Å². The van der Waals surface area contributed by atoms with Crippen LogP contribution in [0.5, 0.6) is 0 Å². The molecule has 0 heterocycles. The number of rotatable bonds is 2. The number of Topliss-reactive ketones (excluding diaryl/α,β-unsaturated/α-hetero) is 1. The topological polar surface area (TPSA) is 17.1 Å². The molecular formula is C11H8FIO. The van der Waals surface area contributed by atoms with Gasteiger partial charge >= 0.3 is 0 Å². The molecule has 0 fully saturated rings. The second kappa shape index (κ2) is 5.11. The fourth-order valence-electron chi connectivity index (χ4n) is 0.980. The Morgan fingerprint density at radius 3 is 2.86 bits per heavy atom. The average Bonchev–Trinajstić information content (AvgIpc) is 2.14. The zero-order valence-electron chi connectivity index (χ0n) is 7.60. The standard InChI is InChI=1S/C11H8FIO/c1-2-3-4-11(14)9-6-5-8(12)7-10(9)13/h5-7H,4H2,1H3. The van der Waals surface area contributed by atoms with Gasteiger partial charge in [0.05, 0.1) is 6.42 Å². The van der Waals surface area contributed by atoms with E-state index in [-0.39, 0.29) is 18.0 Å². The van der Waals surface area contributed by atoms with Crippen LogP contribution in [0.15, 0.2) is 18.2 Å². The molecule has 0 aliphatic rings. The van der Waals surface area contributed by atoms with E-state index in [2.05, 4.69) is 11.8 Å². The normalized spacial score (nSPS) is 9.07. The molecule has 0 saturated heterocycles. The summed E-state index contributed by atoms with van der Waals surface area (Å²) in [7, 11) is 0. The van der Waals surface area contributed by atoms with Gasteiger partial charge in [0.25, 0.3) is 0 Å². The first kappa shape index (κ1) is 11.2. The molecular weight excluding hydrogens is 294 g/mol. The maximum atomic E-state index is 12.7. The fourth-order valence-corrected chi connectivity index (χ4v) is 1.76. The monoisotopic (exact) mass is 302 g/mol. The van der Waals surface area contributed by atoms with Gasteiger partial charge in [0, 0.05) is 9.13 Å². The maximum Gasteiger partial charge on any atom is 0.175 e. The minimum atomic E-state index is -0.326. The van der Waals surface area contributed by atoms with Gasteiger partial charge in [-0.25, -0.2) is 4.39 Å². The Balaban J connectivity index is 2.94. The van der Waals surface area contributed by atoms with Crippen LogP contribution >= 0.6 is 22.6 Å². The predicted octanol–water partition coefficient (Wildman–Crippen LogP) is 3.03. The molecule has 0 saturated carbocycles. The Labute approximate surface area is 95.8 Å². The maximum absolute atomic E-state index is 12.7. The van der Waals surface area contributed by atoms with E-state index in [0.29, 0.717) is 9.13 Å². The van der Waals surface area contributed by atoms with Crippen LogP contribution in [0.4, 0.5) is 4.39 Å². The lowest BCUT2D eigenvalue weighted by atomic mass is 10.1. The van der Waals surface area contributed by atoms with Crippen molar-refractivity contribution in [3.63, 3.8) is 0 Å². The first-order valence-electron chi connectivity index (χ1n) is 4.03. The lowest BCUT2D eigenvalue weighted by Gasteiger charge is -2.00. The van der Waals surface area contributed by atoms with Crippen molar-refractivity contribution in [3.8, 4) is 11.8 Å². The Hall–Kier alpha value is -0.890. The number of hydrogen-bond acceptors (Lipinski definition) is 1. The minimum absolute atomic E-state index is 0.0660. The van der Waals surface area contributed by atoms with E-state index in [1.165, 1.54) is 18.2 Å². The SMILES string of the molecule is CC#CCC(=O)c1ccc(F)cc1I. The zero-order chi connectivity index (χ0) is 10.6. The molecule has 0 atom stereocenters. The summed E-state index contributed by atoms with van der Waals surface area (Å²) < 4.78 is 13.3. The highest BCUT2D eigenvalue weighted by atomic mass is 127. The van der Waals surface area contributed by atoms with E-state index in [1.807, 2.05) is 22.6 Å². The van der Waals surface area contributed by atoms with E-state index in [4.69, 9.17) is 0 Å². The first-order valence-corrected chi connectivity index (χ1v) is 5.11. The van der Waals surface area contributed by atoms with E-state index < -0.39 is 0 Å². The smallest absolute Gasteiger partial charge is 0.175 e. The largest absolute Gasteiger partial charge is 0.293 e. The Morgan fingerprint density at radius 2 is 2.29 bits per heavy atom. The molecule has 0 spiro atoms. The molecule has 1 aromatic carbocycles. The molecule has 0 aromatic heterocycles. The predicted molar refractivity (Wildman–Crippen MR) is 61.5 cm³/mol. The van der Waals surface area contributed by atoms with Gasteiger partial charge in [0.1, 0.15) is 5.82 Å². The molecule has 0 unspecified atom stereocenters. The van der Waals surface area contributed by atoms with E-state index >= 15 is 0 Å². The number of ketones is 1. The number of carbonyl (C=O) groups excluding carboxylic acids is 1. The van der Waals surface area contributed by atoms with Crippen LogP contribution < -0.4 is 0 Å². The third-order valence-corrected chi connectivity index (χ3v) is 2.55. The number of halogens is 2. The van der Waals surface area contributed by atoms with Crippen LogP contribution in [-0.2, 0) is 0 Å². The van der Waals surface area contributed by atoms with Gasteiger partial charge in [-0.15, -0.1) is 5.92 Å². The van der Waals surface area contributed by atoms with E-state index in [1.54, 1.807) is 6.92 Å². The zero-order valence-corrected chi connectivity index (χ0v) is 9.76. The number of carbonyl (C=O) groups is 1. The van der Waals surface area contributed by atoms with Crippen molar-refractivity contribution in [3.05, 3.63) is 33.1 Å². The summed E-state index contributed by atoms with van der Waals surface area (Å²) in [5.74, 6) is 4.95. The Bertz CT molecular complexity index is 415. The summed E-state index contributed by atoms with van der Waals surface area (Å²) in [4.78, 5) is 11.5. The molecule has 1 nitrogen and oxygen atoms in total. The van der Waals surface area contributed by atoms with Crippen molar-refractivity contribution < 1.29 is 9.18 Å². The van der Waals surface area contributed by atoms with E-state index in [9.17, 15) is 9.18 Å². The molecule has 0 bridgehead atoms. The third-order valence-electron chi connectivity index (χ3n) is 1.66.